The first-order valence-electron chi connectivity index (χ1n) is 6.37. The summed E-state index contributed by atoms with van der Waals surface area (Å²) in [6, 6.07) is 0. The van der Waals surface area contributed by atoms with Crippen LogP contribution in [0.1, 0.15) is 49.7 Å². The average molecular weight is 254 g/mol. The molecular weight excluding hydrogens is 236 g/mol. The summed E-state index contributed by atoms with van der Waals surface area (Å²) < 4.78 is 10.5. The van der Waals surface area contributed by atoms with Crippen LogP contribution in [0.4, 0.5) is 0 Å². The average Bonchev–Trinajstić information content (AvgIpc) is 2.84. The first kappa shape index (κ1) is 13.0. The Morgan fingerprint density at radius 1 is 1.44 bits per heavy atom. The second-order valence-electron chi connectivity index (χ2n) is 4.56. The Morgan fingerprint density at radius 2 is 2.33 bits per heavy atom. The highest BCUT2D eigenvalue weighted by molar-refractivity contribution is 5.66. The van der Waals surface area contributed by atoms with E-state index in [-0.39, 0.29) is 12.3 Å². The molecule has 1 fully saturated rings. The molecule has 100 valence electrons. The van der Waals surface area contributed by atoms with E-state index >= 15 is 0 Å². The summed E-state index contributed by atoms with van der Waals surface area (Å²) in [6.07, 6.45) is 4.31. The highest BCUT2D eigenvalue weighted by atomic mass is 16.5. The van der Waals surface area contributed by atoms with Crippen LogP contribution in [0, 0.1) is 0 Å². The van der Waals surface area contributed by atoms with Crippen LogP contribution in [0.2, 0.25) is 0 Å². The fraction of sp³-hybridized carbons (Fsp3) is 0.750. The van der Waals surface area contributed by atoms with Gasteiger partial charge in [0.1, 0.15) is 0 Å². The van der Waals surface area contributed by atoms with Crippen LogP contribution in [-0.4, -0.2) is 34.4 Å². The zero-order chi connectivity index (χ0) is 12.8. The minimum Gasteiger partial charge on any atom is -0.481 e. The monoisotopic (exact) mass is 254 g/mol. The predicted octanol–water partition coefficient (Wildman–Crippen LogP) is 1.76. The molecule has 1 atom stereocenters. The Morgan fingerprint density at radius 3 is 3.06 bits per heavy atom. The first-order chi connectivity index (χ1) is 8.75. The van der Waals surface area contributed by atoms with E-state index in [1.807, 2.05) is 0 Å². The van der Waals surface area contributed by atoms with Gasteiger partial charge < -0.3 is 14.4 Å². The van der Waals surface area contributed by atoms with Crippen molar-refractivity contribution in [3.63, 3.8) is 0 Å². The SMILES string of the molecule is O=C(O)CCCCc1nc(C2CCCOC2)no1. The van der Waals surface area contributed by atoms with Crippen LogP contribution in [-0.2, 0) is 16.0 Å². The van der Waals surface area contributed by atoms with Gasteiger partial charge in [0, 0.05) is 25.4 Å². The highest BCUT2D eigenvalue weighted by Crippen LogP contribution is 2.23. The van der Waals surface area contributed by atoms with Crippen molar-refractivity contribution in [3.05, 3.63) is 11.7 Å². The molecular formula is C12H18N2O4. The number of aryl methyl sites for hydroxylation is 1. The standard InChI is InChI=1S/C12H18N2O4/c15-11(16)6-2-1-5-10-13-12(14-18-10)9-4-3-7-17-8-9/h9H,1-8H2,(H,15,16). The Bertz CT molecular complexity index is 385. The lowest BCUT2D eigenvalue weighted by molar-refractivity contribution is -0.137. The molecule has 0 radical (unpaired) electrons. The van der Waals surface area contributed by atoms with Gasteiger partial charge in [-0.05, 0) is 25.7 Å². The van der Waals surface area contributed by atoms with Gasteiger partial charge in [-0.25, -0.2) is 0 Å². The largest absolute Gasteiger partial charge is 0.481 e. The normalized spacial score (nSPS) is 19.9. The smallest absolute Gasteiger partial charge is 0.303 e. The maximum atomic E-state index is 10.4. The molecule has 1 aromatic heterocycles. The fourth-order valence-electron chi connectivity index (χ4n) is 2.03. The fourth-order valence-corrected chi connectivity index (χ4v) is 2.03. The minimum atomic E-state index is -0.763. The Balaban J connectivity index is 1.76. The van der Waals surface area contributed by atoms with E-state index in [1.165, 1.54) is 0 Å². The number of hydrogen-bond donors (Lipinski definition) is 1. The molecule has 1 unspecified atom stereocenters. The number of aromatic nitrogens is 2. The van der Waals surface area contributed by atoms with Gasteiger partial charge in [-0.3, -0.25) is 4.79 Å². The lowest BCUT2D eigenvalue weighted by Crippen LogP contribution is -2.16. The van der Waals surface area contributed by atoms with Gasteiger partial charge in [0.25, 0.3) is 0 Å². The second-order valence-corrected chi connectivity index (χ2v) is 4.56. The van der Waals surface area contributed by atoms with E-state index in [9.17, 15) is 4.79 Å². The van der Waals surface area contributed by atoms with E-state index in [0.29, 0.717) is 25.3 Å². The topological polar surface area (TPSA) is 85.5 Å². The van der Waals surface area contributed by atoms with Crippen molar-refractivity contribution in [2.75, 3.05) is 13.2 Å². The van der Waals surface area contributed by atoms with E-state index in [2.05, 4.69) is 10.1 Å². The molecule has 0 bridgehead atoms. The second kappa shape index (κ2) is 6.49. The van der Waals surface area contributed by atoms with Crippen molar-refractivity contribution in [3.8, 4) is 0 Å². The number of ether oxygens (including phenoxy) is 1. The van der Waals surface area contributed by atoms with Gasteiger partial charge >= 0.3 is 5.97 Å². The Kier molecular flexibility index (Phi) is 4.69. The molecule has 1 saturated heterocycles. The zero-order valence-corrected chi connectivity index (χ0v) is 10.3. The van der Waals surface area contributed by atoms with E-state index in [4.69, 9.17) is 14.4 Å². The van der Waals surface area contributed by atoms with Gasteiger partial charge in [0.15, 0.2) is 5.82 Å². The molecule has 1 N–H and O–H groups in total. The molecule has 2 rings (SSSR count). The number of rotatable bonds is 6. The van der Waals surface area contributed by atoms with Crippen molar-refractivity contribution in [2.24, 2.45) is 0 Å². The quantitative estimate of drug-likeness (QED) is 0.778. The predicted molar refractivity (Wildman–Crippen MR) is 62.3 cm³/mol. The maximum Gasteiger partial charge on any atom is 0.303 e. The van der Waals surface area contributed by atoms with E-state index < -0.39 is 5.97 Å². The highest BCUT2D eigenvalue weighted by Gasteiger charge is 2.21. The third-order valence-corrected chi connectivity index (χ3v) is 3.04. The van der Waals surface area contributed by atoms with Crippen LogP contribution < -0.4 is 0 Å². The number of carbonyl (C=O) groups is 1. The lowest BCUT2D eigenvalue weighted by Gasteiger charge is -2.18. The molecule has 1 aliphatic heterocycles. The molecule has 2 heterocycles. The van der Waals surface area contributed by atoms with Gasteiger partial charge in [0.05, 0.1) is 6.61 Å². The van der Waals surface area contributed by atoms with Crippen LogP contribution in [0.3, 0.4) is 0 Å². The molecule has 1 aliphatic rings. The first-order valence-corrected chi connectivity index (χ1v) is 6.37. The van der Waals surface area contributed by atoms with Crippen molar-refractivity contribution < 1.29 is 19.2 Å². The summed E-state index contributed by atoms with van der Waals surface area (Å²) in [5.41, 5.74) is 0. The van der Waals surface area contributed by atoms with Gasteiger partial charge in [-0.2, -0.15) is 4.98 Å². The van der Waals surface area contributed by atoms with Gasteiger partial charge in [-0.1, -0.05) is 5.16 Å². The zero-order valence-electron chi connectivity index (χ0n) is 10.3. The molecule has 0 amide bonds. The maximum absolute atomic E-state index is 10.4. The Labute approximate surface area is 105 Å². The number of carboxylic acid groups (broad SMARTS) is 1. The summed E-state index contributed by atoms with van der Waals surface area (Å²) in [4.78, 5) is 14.7. The van der Waals surface area contributed by atoms with Crippen molar-refractivity contribution in [1.29, 1.82) is 0 Å². The molecule has 18 heavy (non-hydrogen) atoms. The summed E-state index contributed by atoms with van der Waals surface area (Å²) in [6.45, 7) is 1.48. The summed E-state index contributed by atoms with van der Waals surface area (Å²) >= 11 is 0. The molecule has 6 heteroatoms. The van der Waals surface area contributed by atoms with Crippen LogP contribution >= 0.6 is 0 Å². The molecule has 1 aromatic rings. The Hall–Kier alpha value is -1.43. The summed E-state index contributed by atoms with van der Waals surface area (Å²) in [7, 11) is 0. The van der Waals surface area contributed by atoms with Crippen molar-refractivity contribution >= 4 is 5.97 Å². The number of unbranched alkanes of at least 4 members (excludes halogenated alkanes) is 1. The number of carboxylic acids is 1. The summed E-state index contributed by atoms with van der Waals surface area (Å²) in [5, 5.41) is 12.5. The molecule has 0 saturated carbocycles. The van der Waals surface area contributed by atoms with Crippen molar-refractivity contribution in [1.82, 2.24) is 10.1 Å². The third kappa shape index (κ3) is 3.80. The number of hydrogen-bond acceptors (Lipinski definition) is 5. The van der Waals surface area contributed by atoms with E-state index in [1.54, 1.807) is 0 Å². The van der Waals surface area contributed by atoms with Crippen LogP contribution in [0.25, 0.3) is 0 Å². The number of aliphatic carboxylic acids is 1. The minimum absolute atomic E-state index is 0.192. The van der Waals surface area contributed by atoms with E-state index in [0.717, 1.165) is 31.7 Å². The van der Waals surface area contributed by atoms with Gasteiger partial charge in [0.2, 0.25) is 5.89 Å². The summed E-state index contributed by atoms with van der Waals surface area (Å²) in [5.74, 6) is 0.805. The number of nitrogens with zero attached hydrogens (tertiary/aromatic N) is 2. The van der Waals surface area contributed by atoms with Crippen LogP contribution in [0.15, 0.2) is 4.52 Å². The molecule has 6 nitrogen and oxygen atoms in total. The van der Waals surface area contributed by atoms with Crippen molar-refractivity contribution in [2.45, 2.75) is 44.4 Å². The van der Waals surface area contributed by atoms with Crippen LogP contribution in [0.5, 0.6) is 0 Å². The lowest BCUT2D eigenvalue weighted by atomic mass is 10.0. The molecule has 0 spiro atoms. The molecule has 0 aliphatic carbocycles. The third-order valence-electron chi connectivity index (χ3n) is 3.04. The molecule has 0 aromatic carbocycles. The van der Waals surface area contributed by atoms with Gasteiger partial charge in [-0.15, -0.1) is 0 Å².